The number of carboxylic acids is 1. The highest BCUT2D eigenvalue weighted by atomic mass is 16.4. The molecule has 1 amide bonds. The van der Waals surface area contributed by atoms with E-state index in [-0.39, 0.29) is 0 Å². The number of aliphatic carboxylic acids is 1. The molecule has 5 heteroatoms. The van der Waals surface area contributed by atoms with E-state index in [0.29, 0.717) is 17.2 Å². The van der Waals surface area contributed by atoms with Crippen molar-refractivity contribution in [3.8, 4) is 0 Å². The molecule has 0 aromatic heterocycles. The van der Waals surface area contributed by atoms with Gasteiger partial charge in [0.1, 0.15) is 0 Å². The van der Waals surface area contributed by atoms with Crippen LogP contribution in [0, 0.1) is 11.3 Å². The van der Waals surface area contributed by atoms with Crippen LogP contribution in [0.25, 0.3) is 0 Å². The van der Waals surface area contributed by atoms with E-state index < -0.39 is 5.97 Å². The largest absolute Gasteiger partial charge is 0.481 e. The van der Waals surface area contributed by atoms with Gasteiger partial charge in [-0.15, -0.1) is 0 Å². The molecule has 0 aromatic carbocycles. The Labute approximate surface area is 140 Å². The van der Waals surface area contributed by atoms with Crippen molar-refractivity contribution < 1.29 is 14.7 Å². The minimum absolute atomic E-state index is 0.386. The summed E-state index contributed by atoms with van der Waals surface area (Å²) in [5.74, 6) is -0.00874. The van der Waals surface area contributed by atoms with Crippen molar-refractivity contribution in [3.05, 3.63) is 0 Å². The highest BCUT2D eigenvalue weighted by molar-refractivity contribution is 5.81. The van der Waals surface area contributed by atoms with Crippen molar-refractivity contribution in [2.24, 2.45) is 11.3 Å². The van der Waals surface area contributed by atoms with Crippen LogP contribution in [0.1, 0.15) is 59.3 Å². The van der Waals surface area contributed by atoms with Gasteiger partial charge in [-0.1, -0.05) is 13.8 Å². The summed E-state index contributed by atoms with van der Waals surface area (Å²) in [6.45, 7) is 10.1. The Morgan fingerprint density at radius 3 is 2.22 bits per heavy atom. The third-order valence-electron chi connectivity index (χ3n) is 5.23. The molecule has 3 rings (SSSR count). The monoisotopic (exact) mass is 324 g/mol. The van der Waals surface area contributed by atoms with Crippen LogP contribution in [-0.2, 0) is 9.59 Å². The number of carboxylic acid groups (broad SMARTS) is 1. The van der Waals surface area contributed by atoms with Crippen molar-refractivity contribution in [2.75, 3.05) is 26.2 Å². The normalized spacial score (nSPS) is 27.8. The zero-order valence-electron chi connectivity index (χ0n) is 14.9. The lowest BCUT2D eigenvalue weighted by molar-refractivity contribution is -0.134. The van der Waals surface area contributed by atoms with Gasteiger partial charge in [0.2, 0.25) is 5.91 Å². The van der Waals surface area contributed by atoms with E-state index in [1.807, 2.05) is 0 Å². The van der Waals surface area contributed by atoms with Crippen LogP contribution in [0.3, 0.4) is 0 Å². The van der Waals surface area contributed by atoms with Gasteiger partial charge in [0.15, 0.2) is 0 Å². The Balaban J connectivity index is 0.000000433. The highest BCUT2D eigenvalue weighted by Gasteiger charge is 2.37. The van der Waals surface area contributed by atoms with Gasteiger partial charge in [0.25, 0.3) is 5.97 Å². The molecular formula is C18H32N2O3. The number of carbonyl (C=O) groups is 2. The van der Waals surface area contributed by atoms with Gasteiger partial charge in [-0.05, 0) is 43.9 Å². The Hall–Kier alpha value is -1.10. The first-order chi connectivity index (χ1) is 10.8. The molecule has 0 aromatic rings. The molecule has 0 radical (unpaired) electrons. The molecule has 1 N–H and O–H groups in total. The molecule has 0 spiro atoms. The molecule has 0 bridgehead atoms. The van der Waals surface area contributed by atoms with Crippen LogP contribution in [0.2, 0.25) is 0 Å². The van der Waals surface area contributed by atoms with Gasteiger partial charge < -0.3 is 10.0 Å². The standard InChI is InChI=1S/C16H28N2O.C2H4O2/c1-16(2)7-6-14(12-16)17-8-3-9-18(11-10-17)15(19)13-4-5-13;1-2(3)4/h13-14H,3-12H2,1-2H3;1H3,(H,3,4). The van der Waals surface area contributed by atoms with Crippen LogP contribution in [0.15, 0.2) is 0 Å². The fraction of sp³-hybridized carbons (Fsp3) is 0.889. The predicted molar refractivity (Wildman–Crippen MR) is 90.2 cm³/mol. The third kappa shape index (κ3) is 5.79. The maximum Gasteiger partial charge on any atom is 0.300 e. The molecule has 132 valence electrons. The van der Waals surface area contributed by atoms with Crippen LogP contribution >= 0.6 is 0 Å². The molecule has 1 atom stereocenters. The quantitative estimate of drug-likeness (QED) is 0.848. The summed E-state index contributed by atoms with van der Waals surface area (Å²) in [7, 11) is 0. The molecule has 3 fully saturated rings. The lowest BCUT2D eigenvalue weighted by atomic mass is 9.91. The van der Waals surface area contributed by atoms with E-state index in [4.69, 9.17) is 9.90 Å². The second-order valence-corrected chi connectivity index (χ2v) is 8.07. The SMILES string of the molecule is CC(=O)O.CC1(C)CCC(N2CCCN(C(=O)C3CC3)CC2)C1. The van der Waals surface area contributed by atoms with Crippen molar-refractivity contribution in [2.45, 2.75) is 65.3 Å². The number of hydrogen-bond acceptors (Lipinski definition) is 3. The number of carbonyl (C=O) groups excluding carboxylic acids is 1. The topological polar surface area (TPSA) is 60.9 Å². The molecular weight excluding hydrogens is 292 g/mol. The summed E-state index contributed by atoms with van der Waals surface area (Å²) < 4.78 is 0. The summed E-state index contributed by atoms with van der Waals surface area (Å²) in [5, 5.41) is 7.42. The van der Waals surface area contributed by atoms with Gasteiger partial charge in [-0.25, -0.2) is 0 Å². The minimum Gasteiger partial charge on any atom is -0.481 e. The second kappa shape index (κ2) is 7.65. The van der Waals surface area contributed by atoms with E-state index in [1.165, 1.54) is 25.8 Å². The summed E-state index contributed by atoms with van der Waals surface area (Å²) in [6, 6.07) is 0.769. The van der Waals surface area contributed by atoms with Crippen LogP contribution < -0.4 is 0 Å². The van der Waals surface area contributed by atoms with Gasteiger partial charge in [0, 0.05) is 45.1 Å². The lowest BCUT2D eigenvalue weighted by Crippen LogP contribution is -2.39. The van der Waals surface area contributed by atoms with Crippen molar-refractivity contribution in [1.82, 2.24) is 9.80 Å². The molecule has 23 heavy (non-hydrogen) atoms. The third-order valence-corrected chi connectivity index (χ3v) is 5.23. The van der Waals surface area contributed by atoms with Gasteiger partial charge >= 0.3 is 0 Å². The molecule has 2 aliphatic carbocycles. The molecule has 1 heterocycles. The van der Waals surface area contributed by atoms with Crippen molar-refractivity contribution >= 4 is 11.9 Å². The summed E-state index contributed by atoms with van der Waals surface area (Å²) >= 11 is 0. The average Bonchev–Trinajstić information content (AvgIpc) is 3.25. The first-order valence-electron chi connectivity index (χ1n) is 9.01. The Kier molecular flexibility index (Phi) is 6.06. The van der Waals surface area contributed by atoms with Crippen molar-refractivity contribution in [1.29, 1.82) is 0 Å². The highest BCUT2D eigenvalue weighted by Crippen LogP contribution is 2.39. The zero-order valence-corrected chi connectivity index (χ0v) is 14.9. The summed E-state index contributed by atoms with van der Waals surface area (Å²) in [5.41, 5.74) is 0.528. The molecule has 1 saturated heterocycles. The van der Waals surface area contributed by atoms with E-state index in [1.54, 1.807) is 0 Å². The summed E-state index contributed by atoms with van der Waals surface area (Å²) in [6.07, 6.45) is 7.48. The van der Waals surface area contributed by atoms with E-state index >= 15 is 0 Å². The summed E-state index contributed by atoms with van der Waals surface area (Å²) in [4.78, 5) is 25.9. The molecule has 3 aliphatic rings. The number of hydrogen-bond donors (Lipinski definition) is 1. The minimum atomic E-state index is -0.833. The first-order valence-corrected chi connectivity index (χ1v) is 9.01. The Morgan fingerprint density at radius 1 is 1.04 bits per heavy atom. The molecule has 1 aliphatic heterocycles. The van der Waals surface area contributed by atoms with Crippen LogP contribution in [0.4, 0.5) is 0 Å². The van der Waals surface area contributed by atoms with Gasteiger partial charge in [-0.2, -0.15) is 0 Å². The van der Waals surface area contributed by atoms with Crippen LogP contribution in [0.5, 0.6) is 0 Å². The smallest absolute Gasteiger partial charge is 0.300 e. The second-order valence-electron chi connectivity index (χ2n) is 8.07. The number of rotatable bonds is 2. The van der Waals surface area contributed by atoms with E-state index in [0.717, 1.165) is 51.9 Å². The fourth-order valence-electron chi connectivity index (χ4n) is 3.82. The maximum absolute atomic E-state index is 12.2. The number of nitrogens with zero attached hydrogens (tertiary/aromatic N) is 2. The van der Waals surface area contributed by atoms with Gasteiger partial charge in [-0.3, -0.25) is 14.5 Å². The first kappa shape index (κ1) is 18.2. The maximum atomic E-state index is 12.2. The zero-order chi connectivity index (χ0) is 17.0. The Bertz CT molecular complexity index is 428. The lowest BCUT2D eigenvalue weighted by Gasteiger charge is -2.28. The molecule has 2 saturated carbocycles. The van der Waals surface area contributed by atoms with Gasteiger partial charge in [0.05, 0.1) is 0 Å². The van der Waals surface area contributed by atoms with E-state index in [2.05, 4.69) is 23.6 Å². The van der Waals surface area contributed by atoms with Crippen molar-refractivity contribution in [3.63, 3.8) is 0 Å². The molecule has 1 unspecified atom stereocenters. The fourth-order valence-corrected chi connectivity index (χ4v) is 3.82. The predicted octanol–water partition coefficient (Wildman–Crippen LogP) is 2.60. The Morgan fingerprint density at radius 2 is 1.70 bits per heavy atom. The van der Waals surface area contributed by atoms with E-state index in [9.17, 15) is 4.79 Å². The van der Waals surface area contributed by atoms with Crippen LogP contribution in [-0.4, -0.2) is 59.0 Å². The average molecular weight is 324 g/mol. The molecule has 5 nitrogen and oxygen atoms in total. The number of amides is 1.